The van der Waals surface area contributed by atoms with Crippen molar-refractivity contribution in [1.82, 2.24) is 15.3 Å². The Morgan fingerprint density at radius 1 is 1.24 bits per heavy atom. The van der Waals surface area contributed by atoms with Gasteiger partial charge in [-0.3, -0.25) is 9.78 Å². The molecule has 6 nitrogen and oxygen atoms in total. The second-order valence-electron chi connectivity index (χ2n) is 6.34. The first kappa shape index (κ1) is 15.4. The summed E-state index contributed by atoms with van der Waals surface area (Å²) in [5.41, 5.74) is -1.32. The molecule has 0 unspecified atom stereocenters. The first-order valence-electron chi connectivity index (χ1n) is 7.14. The third-order valence-corrected chi connectivity index (χ3v) is 3.40. The van der Waals surface area contributed by atoms with E-state index in [1.54, 1.807) is 0 Å². The number of aromatic nitrogens is 2. The fraction of sp³-hybridized carbons (Fsp3) is 0.600. The number of nitrogens with one attached hydrogen (secondary N) is 1. The van der Waals surface area contributed by atoms with Gasteiger partial charge < -0.3 is 10.1 Å². The summed E-state index contributed by atoms with van der Waals surface area (Å²) in [4.78, 5) is 32.6. The minimum Gasteiger partial charge on any atom is -0.458 e. The fourth-order valence-electron chi connectivity index (χ4n) is 2.43. The Morgan fingerprint density at radius 2 is 1.90 bits per heavy atom. The van der Waals surface area contributed by atoms with Gasteiger partial charge in [-0.1, -0.05) is 12.8 Å². The van der Waals surface area contributed by atoms with E-state index >= 15 is 0 Å². The van der Waals surface area contributed by atoms with Gasteiger partial charge >= 0.3 is 5.97 Å². The Morgan fingerprint density at radius 3 is 2.43 bits per heavy atom. The lowest BCUT2D eigenvalue weighted by atomic mass is 9.97. The van der Waals surface area contributed by atoms with Crippen LogP contribution < -0.4 is 5.32 Å². The van der Waals surface area contributed by atoms with Gasteiger partial charge in [-0.05, 0) is 33.6 Å². The van der Waals surface area contributed by atoms with E-state index in [9.17, 15) is 9.59 Å². The van der Waals surface area contributed by atoms with Crippen LogP contribution in [0, 0.1) is 0 Å². The van der Waals surface area contributed by atoms with Crippen LogP contribution in [0.4, 0.5) is 0 Å². The summed E-state index contributed by atoms with van der Waals surface area (Å²) >= 11 is 0. The number of nitrogens with zero attached hydrogens (tertiary/aromatic N) is 2. The zero-order valence-corrected chi connectivity index (χ0v) is 12.7. The zero-order valence-electron chi connectivity index (χ0n) is 12.7. The van der Waals surface area contributed by atoms with Gasteiger partial charge in [0.05, 0.1) is 6.20 Å². The van der Waals surface area contributed by atoms with Crippen molar-refractivity contribution in [2.45, 2.75) is 57.6 Å². The van der Waals surface area contributed by atoms with E-state index in [0.29, 0.717) is 12.8 Å². The lowest BCUT2D eigenvalue weighted by Gasteiger charge is -2.31. The van der Waals surface area contributed by atoms with Crippen molar-refractivity contribution in [3.05, 3.63) is 24.3 Å². The van der Waals surface area contributed by atoms with Gasteiger partial charge in [-0.2, -0.15) is 0 Å². The van der Waals surface area contributed by atoms with E-state index in [0.717, 1.165) is 12.8 Å². The van der Waals surface area contributed by atoms with Crippen molar-refractivity contribution < 1.29 is 14.3 Å². The van der Waals surface area contributed by atoms with E-state index in [4.69, 9.17) is 4.74 Å². The first-order valence-corrected chi connectivity index (χ1v) is 7.14. The molecule has 0 bridgehead atoms. The molecule has 1 aliphatic carbocycles. The van der Waals surface area contributed by atoms with Crippen LogP contribution in [0.1, 0.15) is 56.9 Å². The Bertz CT molecular complexity index is 517. The second-order valence-corrected chi connectivity index (χ2v) is 6.34. The van der Waals surface area contributed by atoms with Gasteiger partial charge in [-0.25, -0.2) is 9.78 Å². The van der Waals surface area contributed by atoms with Crippen LogP contribution >= 0.6 is 0 Å². The quantitative estimate of drug-likeness (QED) is 0.860. The van der Waals surface area contributed by atoms with Crippen molar-refractivity contribution >= 4 is 11.9 Å². The Labute approximate surface area is 124 Å². The van der Waals surface area contributed by atoms with E-state index in [2.05, 4.69) is 15.3 Å². The van der Waals surface area contributed by atoms with Crippen LogP contribution in [-0.4, -0.2) is 33.0 Å². The van der Waals surface area contributed by atoms with E-state index in [1.807, 2.05) is 20.8 Å². The smallest absolute Gasteiger partial charge is 0.332 e. The summed E-state index contributed by atoms with van der Waals surface area (Å²) in [7, 11) is 0. The van der Waals surface area contributed by atoms with E-state index in [1.165, 1.54) is 18.6 Å². The van der Waals surface area contributed by atoms with Crippen LogP contribution in [0.15, 0.2) is 18.6 Å². The maximum atomic E-state index is 12.5. The lowest BCUT2D eigenvalue weighted by molar-refractivity contribution is -0.162. The molecule has 2 rings (SSSR count). The topological polar surface area (TPSA) is 81.2 Å². The zero-order chi connectivity index (χ0) is 15.5. The monoisotopic (exact) mass is 291 g/mol. The molecule has 1 amide bonds. The van der Waals surface area contributed by atoms with Crippen molar-refractivity contribution in [2.24, 2.45) is 0 Å². The predicted molar refractivity (Wildman–Crippen MR) is 76.5 cm³/mol. The van der Waals surface area contributed by atoms with E-state index < -0.39 is 17.0 Å². The number of carbonyl (C=O) groups excluding carboxylic acids is 2. The van der Waals surface area contributed by atoms with Gasteiger partial charge in [0.1, 0.15) is 16.8 Å². The number of carbonyl (C=O) groups is 2. The van der Waals surface area contributed by atoms with Crippen LogP contribution in [0.25, 0.3) is 0 Å². The predicted octanol–water partition coefficient (Wildman–Crippen LogP) is 1.86. The molecule has 114 valence electrons. The highest BCUT2D eigenvalue weighted by atomic mass is 16.6. The van der Waals surface area contributed by atoms with Gasteiger partial charge in [-0.15, -0.1) is 0 Å². The summed E-state index contributed by atoms with van der Waals surface area (Å²) in [5, 5.41) is 2.82. The van der Waals surface area contributed by atoms with Crippen molar-refractivity contribution in [3.63, 3.8) is 0 Å². The third kappa shape index (κ3) is 3.77. The Kier molecular flexibility index (Phi) is 4.25. The summed E-state index contributed by atoms with van der Waals surface area (Å²) < 4.78 is 5.47. The molecule has 0 aromatic carbocycles. The van der Waals surface area contributed by atoms with Crippen LogP contribution in [-0.2, 0) is 9.53 Å². The highest BCUT2D eigenvalue weighted by Gasteiger charge is 2.45. The molecule has 1 saturated carbocycles. The fourth-order valence-corrected chi connectivity index (χ4v) is 2.43. The number of hydrogen-bond donors (Lipinski definition) is 1. The molecule has 21 heavy (non-hydrogen) atoms. The molecule has 0 spiro atoms. The van der Waals surface area contributed by atoms with Gasteiger partial charge in [0, 0.05) is 12.4 Å². The maximum Gasteiger partial charge on any atom is 0.332 e. The number of rotatable bonds is 3. The van der Waals surface area contributed by atoms with Gasteiger partial charge in [0.15, 0.2) is 0 Å². The number of esters is 1. The highest BCUT2D eigenvalue weighted by Crippen LogP contribution is 2.32. The normalized spacial score (nSPS) is 17.3. The molecule has 0 radical (unpaired) electrons. The second kappa shape index (κ2) is 5.79. The molecule has 1 aromatic rings. The van der Waals surface area contributed by atoms with E-state index in [-0.39, 0.29) is 11.7 Å². The van der Waals surface area contributed by atoms with Crippen molar-refractivity contribution in [1.29, 1.82) is 0 Å². The largest absolute Gasteiger partial charge is 0.458 e. The summed E-state index contributed by atoms with van der Waals surface area (Å²) in [6.07, 6.45) is 7.29. The number of amides is 1. The molecule has 0 aliphatic heterocycles. The molecule has 6 heteroatoms. The Balaban J connectivity index is 2.15. The standard InChI is InChI=1S/C15H21N3O3/c1-14(2,3)21-13(20)15(6-4-5-7-15)18-12(19)11-10-16-8-9-17-11/h8-10H,4-7H2,1-3H3,(H,18,19). The molecule has 1 fully saturated rings. The van der Waals surface area contributed by atoms with Crippen molar-refractivity contribution in [3.8, 4) is 0 Å². The van der Waals surface area contributed by atoms with Gasteiger partial charge in [0.25, 0.3) is 5.91 Å². The van der Waals surface area contributed by atoms with Crippen LogP contribution in [0.2, 0.25) is 0 Å². The van der Waals surface area contributed by atoms with Gasteiger partial charge in [0.2, 0.25) is 0 Å². The molecular weight excluding hydrogens is 270 g/mol. The minimum atomic E-state index is -0.943. The van der Waals surface area contributed by atoms with Crippen LogP contribution in [0.3, 0.4) is 0 Å². The minimum absolute atomic E-state index is 0.201. The summed E-state index contributed by atoms with van der Waals surface area (Å²) in [5.74, 6) is -0.763. The summed E-state index contributed by atoms with van der Waals surface area (Å²) in [6, 6.07) is 0. The molecule has 1 aliphatic rings. The van der Waals surface area contributed by atoms with Crippen molar-refractivity contribution in [2.75, 3.05) is 0 Å². The van der Waals surface area contributed by atoms with Crippen LogP contribution in [0.5, 0.6) is 0 Å². The summed E-state index contributed by atoms with van der Waals surface area (Å²) in [6.45, 7) is 5.45. The molecular formula is C15H21N3O3. The SMILES string of the molecule is CC(C)(C)OC(=O)C1(NC(=O)c2cnccn2)CCCC1. The Hall–Kier alpha value is -1.98. The maximum absolute atomic E-state index is 12.5. The third-order valence-electron chi connectivity index (χ3n) is 3.40. The molecule has 1 N–H and O–H groups in total. The average Bonchev–Trinajstić information content (AvgIpc) is 2.87. The molecule has 0 saturated heterocycles. The number of hydrogen-bond acceptors (Lipinski definition) is 5. The highest BCUT2D eigenvalue weighted by molar-refractivity contribution is 5.96. The number of ether oxygens (including phenoxy) is 1. The lowest BCUT2D eigenvalue weighted by Crippen LogP contribution is -2.54. The molecule has 1 aromatic heterocycles. The molecule has 0 atom stereocenters. The molecule has 1 heterocycles. The first-order chi connectivity index (χ1) is 9.82. The average molecular weight is 291 g/mol.